The molecule has 0 aliphatic carbocycles. The van der Waals surface area contributed by atoms with Crippen LogP contribution >= 0.6 is 0 Å². The molecule has 0 aliphatic heterocycles. The van der Waals surface area contributed by atoms with Crippen LogP contribution in [0.1, 0.15) is 21.6 Å². The Balaban J connectivity index is 3.09. The van der Waals surface area contributed by atoms with E-state index in [-0.39, 0.29) is 12.3 Å². The number of carbonyl (C=O) groups excluding carboxylic acids is 1. The quantitative estimate of drug-likeness (QED) is 0.659. The van der Waals surface area contributed by atoms with Crippen LogP contribution < -0.4 is 5.73 Å². The van der Waals surface area contributed by atoms with Gasteiger partial charge >= 0.3 is 0 Å². The first-order valence-electron chi connectivity index (χ1n) is 3.81. The average Bonchev–Trinajstić information content (AvgIpc) is 2.03. The third-order valence-corrected chi connectivity index (χ3v) is 1.73. The maximum absolute atomic E-state index is 11.2. The smallest absolute Gasteiger partial charge is 0.178 e. The van der Waals surface area contributed by atoms with Crippen molar-refractivity contribution in [2.75, 3.05) is 6.54 Å². The van der Waals surface area contributed by atoms with Crippen LogP contribution in [0, 0.1) is 13.8 Å². The van der Waals surface area contributed by atoms with E-state index in [0.717, 1.165) is 11.3 Å². The second kappa shape index (κ2) is 3.45. The number of nitrogens with zero attached hydrogens (tertiary/aromatic N) is 1. The molecular weight excluding hydrogens is 152 g/mol. The molecular formula is C9H12N2O. The van der Waals surface area contributed by atoms with E-state index in [1.807, 2.05) is 19.9 Å². The number of aromatic nitrogens is 1. The number of nitrogens with two attached hydrogens (primary N) is 1. The molecule has 12 heavy (non-hydrogen) atoms. The van der Waals surface area contributed by atoms with Crippen molar-refractivity contribution in [2.45, 2.75) is 13.8 Å². The number of pyridine rings is 1. The number of rotatable bonds is 2. The van der Waals surface area contributed by atoms with Gasteiger partial charge in [-0.25, -0.2) is 0 Å². The zero-order chi connectivity index (χ0) is 9.14. The van der Waals surface area contributed by atoms with Crippen LogP contribution in [0.15, 0.2) is 12.3 Å². The Kier molecular flexibility index (Phi) is 2.55. The van der Waals surface area contributed by atoms with E-state index in [0.29, 0.717) is 5.56 Å². The lowest BCUT2D eigenvalue weighted by Gasteiger charge is -2.02. The Morgan fingerprint density at radius 2 is 2.25 bits per heavy atom. The highest BCUT2D eigenvalue weighted by Gasteiger charge is 2.06. The van der Waals surface area contributed by atoms with Crippen molar-refractivity contribution in [3.05, 3.63) is 29.1 Å². The molecule has 0 atom stereocenters. The lowest BCUT2D eigenvalue weighted by Crippen LogP contribution is -2.15. The second-order valence-electron chi connectivity index (χ2n) is 2.77. The minimum absolute atomic E-state index is 0.0472. The number of hydrogen-bond donors (Lipinski definition) is 1. The fourth-order valence-electron chi connectivity index (χ4n) is 1.10. The zero-order valence-electron chi connectivity index (χ0n) is 7.29. The van der Waals surface area contributed by atoms with Gasteiger partial charge in [0.25, 0.3) is 0 Å². The summed E-state index contributed by atoms with van der Waals surface area (Å²) in [5, 5.41) is 0. The Labute approximate surface area is 71.6 Å². The summed E-state index contributed by atoms with van der Waals surface area (Å²) in [5.74, 6) is -0.0556. The van der Waals surface area contributed by atoms with E-state index in [9.17, 15) is 4.79 Å². The number of hydrogen-bond acceptors (Lipinski definition) is 3. The molecule has 1 aromatic heterocycles. The summed E-state index contributed by atoms with van der Waals surface area (Å²) in [6, 6.07) is 1.88. The highest BCUT2D eigenvalue weighted by molar-refractivity contribution is 5.98. The average molecular weight is 164 g/mol. The molecule has 1 aromatic rings. The van der Waals surface area contributed by atoms with Gasteiger partial charge in [0, 0.05) is 17.5 Å². The fourth-order valence-corrected chi connectivity index (χ4v) is 1.10. The molecule has 1 heterocycles. The summed E-state index contributed by atoms with van der Waals surface area (Å²) in [6.07, 6.45) is 1.58. The van der Waals surface area contributed by atoms with E-state index in [4.69, 9.17) is 5.73 Å². The Hall–Kier alpha value is -1.22. The van der Waals surface area contributed by atoms with Gasteiger partial charge in [0.2, 0.25) is 0 Å². The lowest BCUT2D eigenvalue weighted by atomic mass is 10.1. The molecule has 3 heteroatoms. The van der Waals surface area contributed by atoms with Crippen molar-refractivity contribution in [1.29, 1.82) is 0 Å². The van der Waals surface area contributed by atoms with Crippen molar-refractivity contribution in [1.82, 2.24) is 4.98 Å². The normalized spacial score (nSPS) is 9.92. The third-order valence-electron chi connectivity index (χ3n) is 1.73. The molecule has 2 N–H and O–H groups in total. The van der Waals surface area contributed by atoms with E-state index in [1.54, 1.807) is 6.20 Å². The van der Waals surface area contributed by atoms with E-state index in [1.165, 1.54) is 0 Å². The van der Waals surface area contributed by atoms with Gasteiger partial charge in [-0.1, -0.05) is 0 Å². The van der Waals surface area contributed by atoms with Gasteiger partial charge in [0.05, 0.1) is 6.54 Å². The van der Waals surface area contributed by atoms with Crippen LogP contribution in [0.25, 0.3) is 0 Å². The van der Waals surface area contributed by atoms with Gasteiger partial charge < -0.3 is 5.73 Å². The largest absolute Gasteiger partial charge is 0.324 e. The van der Waals surface area contributed by atoms with Gasteiger partial charge in [0.15, 0.2) is 5.78 Å². The van der Waals surface area contributed by atoms with Gasteiger partial charge in [-0.15, -0.1) is 0 Å². The van der Waals surface area contributed by atoms with Crippen molar-refractivity contribution in [2.24, 2.45) is 5.73 Å². The Morgan fingerprint density at radius 3 is 2.75 bits per heavy atom. The number of ketones is 1. The number of carbonyl (C=O) groups is 1. The SMILES string of the molecule is Cc1cc(C)c(C(=O)CN)cn1. The van der Waals surface area contributed by atoms with Crippen molar-refractivity contribution in [3.8, 4) is 0 Å². The summed E-state index contributed by atoms with van der Waals surface area (Å²) in [5.41, 5.74) is 7.72. The molecule has 0 amide bonds. The van der Waals surface area contributed by atoms with Gasteiger partial charge in [0.1, 0.15) is 0 Å². The summed E-state index contributed by atoms with van der Waals surface area (Å²) >= 11 is 0. The summed E-state index contributed by atoms with van der Waals surface area (Å²) in [7, 11) is 0. The van der Waals surface area contributed by atoms with E-state index >= 15 is 0 Å². The fraction of sp³-hybridized carbons (Fsp3) is 0.333. The van der Waals surface area contributed by atoms with Crippen molar-refractivity contribution in [3.63, 3.8) is 0 Å². The Morgan fingerprint density at radius 1 is 1.58 bits per heavy atom. The maximum atomic E-state index is 11.2. The molecule has 0 fully saturated rings. The summed E-state index contributed by atoms with van der Waals surface area (Å²) in [6.45, 7) is 3.83. The van der Waals surface area contributed by atoms with Crippen LogP contribution in [0.3, 0.4) is 0 Å². The van der Waals surface area contributed by atoms with Crippen LogP contribution in [-0.2, 0) is 0 Å². The van der Waals surface area contributed by atoms with Gasteiger partial charge in [-0.2, -0.15) is 0 Å². The highest BCUT2D eigenvalue weighted by atomic mass is 16.1. The van der Waals surface area contributed by atoms with Gasteiger partial charge in [-0.05, 0) is 25.5 Å². The summed E-state index contributed by atoms with van der Waals surface area (Å²) in [4.78, 5) is 15.2. The number of aryl methyl sites for hydroxylation is 2. The van der Waals surface area contributed by atoms with Crippen LogP contribution in [0.2, 0.25) is 0 Å². The van der Waals surface area contributed by atoms with Crippen LogP contribution in [0.5, 0.6) is 0 Å². The monoisotopic (exact) mass is 164 g/mol. The van der Waals surface area contributed by atoms with Crippen LogP contribution in [-0.4, -0.2) is 17.3 Å². The number of Topliss-reactive ketones (excluding diaryl/α,β-unsaturated/α-hetero) is 1. The van der Waals surface area contributed by atoms with E-state index < -0.39 is 0 Å². The maximum Gasteiger partial charge on any atom is 0.178 e. The summed E-state index contributed by atoms with van der Waals surface area (Å²) < 4.78 is 0. The topological polar surface area (TPSA) is 56.0 Å². The predicted molar refractivity (Wildman–Crippen MR) is 47.1 cm³/mol. The second-order valence-corrected chi connectivity index (χ2v) is 2.77. The zero-order valence-corrected chi connectivity index (χ0v) is 7.29. The molecule has 1 rings (SSSR count). The molecule has 0 saturated carbocycles. The predicted octanol–water partition coefficient (Wildman–Crippen LogP) is 0.840. The molecule has 0 saturated heterocycles. The van der Waals surface area contributed by atoms with E-state index in [2.05, 4.69) is 4.98 Å². The lowest BCUT2D eigenvalue weighted by molar-refractivity contribution is 0.100. The van der Waals surface area contributed by atoms with Crippen molar-refractivity contribution >= 4 is 5.78 Å². The third kappa shape index (κ3) is 1.68. The van der Waals surface area contributed by atoms with Gasteiger partial charge in [-0.3, -0.25) is 9.78 Å². The first-order chi connectivity index (χ1) is 5.65. The molecule has 0 unspecified atom stereocenters. The molecule has 0 aromatic carbocycles. The first-order valence-corrected chi connectivity index (χ1v) is 3.81. The molecule has 0 spiro atoms. The molecule has 0 bridgehead atoms. The molecule has 0 radical (unpaired) electrons. The molecule has 0 aliphatic rings. The minimum Gasteiger partial charge on any atom is -0.324 e. The first kappa shape index (κ1) is 8.87. The molecule has 3 nitrogen and oxygen atoms in total. The highest BCUT2D eigenvalue weighted by Crippen LogP contribution is 2.07. The Bertz CT molecular complexity index is 307. The van der Waals surface area contributed by atoms with Crippen LogP contribution in [0.4, 0.5) is 0 Å². The standard InChI is InChI=1S/C9H12N2O/c1-6-3-7(2)11-5-8(6)9(12)4-10/h3,5H,4,10H2,1-2H3. The minimum atomic E-state index is -0.0556. The van der Waals surface area contributed by atoms with Crippen molar-refractivity contribution < 1.29 is 4.79 Å². The molecule has 64 valence electrons.